The Kier molecular flexibility index (Phi) is 6.04. The quantitative estimate of drug-likeness (QED) is 0.861. The minimum Gasteiger partial charge on any atom is -0.487 e. The Balaban J connectivity index is 1.58. The second-order valence-electron chi connectivity index (χ2n) is 6.47. The van der Waals surface area contributed by atoms with Gasteiger partial charge in [0.2, 0.25) is 0 Å². The van der Waals surface area contributed by atoms with Gasteiger partial charge < -0.3 is 15.0 Å². The number of aryl methyl sites for hydroxylation is 1. The van der Waals surface area contributed by atoms with E-state index in [1.54, 1.807) is 11.3 Å². The molecule has 0 spiro atoms. The van der Waals surface area contributed by atoms with Gasteiger partial charge in [-0.2, -0.15) is 0 Å². The Bertz CT molecular complexity index is 708. The zero-order valence-electron chi connectivity index (χ0n) is 14.8. The van der Waals surface area contributed by atoms with Crippen molar-refractivity contribution in [1.82, 2.24) is 15.2 Å². The minimum absolute atomic E-state index is 0.0952. The maximum absolute atomic E-state index is 12.7. The largest absolute Gasteiger partial charge is 0.487 e. The summed E-state index contributed by atoms with van der Waals surface area (Å²) in [4.78, 5) is 19.1. The van der Waals surface area contributed by atoms with Crippen molar-refractivity contribution in [1.29, 1.82) is 0 Å². The molecule has 0 radical (unpaired) electrons. The van der Waals surface area contributed by atoms with Crippen LogP contribution in [-0.2, 0) is 6.61 Å². The summed E-state index contributed by atoms with van der Waals surface area (Å²) in [7, 11) is 1.98. The van der Waals surface area contributed by atoms with E-state index in [4.69, 9.17) is 4.74 Å². The van der Waals surface area contributed by atoms with Crippen LogP contribution in [0.5, 0.6) is 5.75 Å². The lowest BCUT2D eigenvalue weighted by Crippen LogP contribution is -2.40. The van der Waals surface area contributed by atoms with Gasteiger partial charge in [-0.15, -0.1) is 11.3 Å². The minimum atomic E-state index is 0.0952. The highest BCUT2D eigenvalue weighted by molar-refractivity contribution is 7.09. The number of hydrogen-bond acceptors (Lipinski definition) is 5. The maximum atomic E-state index is 12.7. The molecule has 1 fully saturated rings. The van der Waals surface area contributed by atoms with Crippen molar-refractivity contribution in [3.05, 3.63) is 45.9 Å². The molecule has 25 heavy (non-hydrogen) atoms. The van der Waals surface area contributed by atoms with E-state index in [0.29, 0.717) is 23.8 Å². The maximum Gasteiger partial charge on any atom is 0.253 e. The number of nitrogens with zero attached hydrogens (tertiary/aromatic N) is 2. The molecule has 1 aromatic carbocycles. The van der Waals surface area contributed by atoms with E-state index < -0.39 is 0 Å². The average molecular weight is 359 g/mol. The second-order valence-corrected chi connectivity index (χ2v) is 7.53. The lowest BCUT2D eigenvalue weighted by molar-refractivity contribution is 0.0690. The fourth-order valence-corrected chi connectivity index (χ4v) is 3.76. The standard InChI is InChI=1S/C19H25N3O2S/c1-14-21-17(13-25-14)12-24-18-5-3-4-16(10-18)19(23)22-8-6-15(7-9-22)11-20-2/h3-5,10,13,15,20H,6-9,11-12H2,1-2H3. The topological polar surface area (TPSA) is 54.5 Å². The molecule has 0 bridgehead atoms. The van der Waals surface area contributed by atoms with E-state index in [1.807, 2.05) is 48.5 Å². The molecule has 1 aliphatic heterocycles. The molecule has 6 heteroatoms. The first-order valence-electron chi connectivity index (χ1n) is 8.73. The smallest absolute Gasteiger partial charge is 0.253 e. The van der Waals surface area contributed by atoms with E-state index in [1.165, 1.54) is 0 Å². The molecule has 2 aromatic rings. The molecule has 5 nitrogen and oxygen atoms in total. The predicted octanol–water partition coefficient (Wildman–Crippen LogP) is 3.10. The summed E-state index contributed by atoms with van der Waals surface area (Å²) in [5.74, 6) is 1.48. The van der Waals surface area contributed by atoms with Crippen LogP contribution >= 0.6 is 11.3 Å². The fourth-order valence-electron chi connectivity index (χ4n) is 3.16. The first-order chi connectivity index (χ1) is 12.2. The molecule has 134 valence electrons. The van der Waals surface area contributed by atoms with E-state index in [2.05, 4.69) is 10.3 Å². The predicted molar refractivity (Wildman–Crippen MR) is 100 cm³/mol. The van der Waals surface area contributed by atoms with Gasteiger partial charge in [-0.25, -0.2) is 4.98 Å². The molecule has 0 unspecified atom stereocenters. The van der Waals surface area contributed by atoms with Gasteiger partial charge in [-0.3, -0.25) is 4.79 Å². The summed E-state index contributed by atoms with van der Waals surface area (Å²) in [5, 5.41) is 6.26. The van der Waals surface area contributed by atoms with E-state index in [0.717, 1.165) is 43.2 Å². The lowest BCUT2D eigenvalue weighted by Gasteiger charge is -2.32. The fraction of sp³-hybridized carbons (Fsp3) is 0.474. The van der Waals surface area contributed by atoms with Gasteiger partial charge >= 0.3 is 0 Å². The molecule has 1 N–H and O–H groups in total. The van der Waals surface area contributed by atoms with Crippen molar-refractivity contribution >= 4 is 17.2 Å². The summed E-state index contributed by atoms with van der Waals surface area (Å²) < 4.78 is 5.80. The molecule has 0 saturated carbocycles. The Hall–Kier alpha value is -1.92. The molecule has 1 amide bonds. The van der Waals surface area contributed by atoms with E-state index in [9.17, 15) is 4.79 Å². The third-order valence-corrected chi connectivity index (χ3v) is 5.35. The van der Waals surface area contributed by atoms with Crippen molar-refractivity contribution in [3.63, 3.8) is 0 Å². The van der Waals surface area contributed by atoms with Crippen LogP contribution in [0, 0.1) is 12.8 Å². The molecule has 3 rings (SSSR count). The van der Waals surface area contributed by atoms with Crippen LogP contribution in [0.2, 0.25) is 0 Å². The van der Waals surface area contributed by atoms with Gasteiger partial charge in [0.25, 0.3) is 5.91 Å². The second kappa shape index (κ2) is 8.45. The Morgan fingerprint density at radius 3 is 2.88 bits per heavy atom. The molecule has 1 aliphatic rings. The lowest BCUT2D eigenvalue weighted by atomic mass is 9.96. The monoisotopic (exact) mass is 359 g/mol. The van der Waals surface area contributed by atoms with Gasteiger partial charge in [0.05, 0.1) is 10.7 Å². The zero-order valence-corrected chi connectivity index (χ0v) is 15.6. The number of rotatable bonds is 6. The molecular formula is C19H25N3O2S. The highest BCUT2D eigenvalue weighted by Crippen LogP contribution is 2.21. The average Bonchev–Trinajstić information content (AvgIpc) is 3.06. The van der Waals surface area contributed by atoms with Gasteiger partial charge in [0, 0.05) is 24.0 Å². The third kappa shape index (κ3) is 4.80. The van der Waals surface area contributed by atoms with Crippen LogP contribution in [0.4, 0.5) is 0 Å². The SMILES string of the molecule is CNCC1CCN(C(=O)c2cccc(OCc3csc(C)n3)c2)CC1. The number of ether oxygens (including phenoxy) is 1. The Morgan fingerprint density at radius 1 is 1.40 bits per heavy atom. The number of hydrogen-bond donors (Lipinski definition) is 1. The van der Waals surface area contributed by atoms with Crippen LogP contribution in [0.1, 0.15) is 33.9 Å². The van der Waals surface area contributed by atoms with Crippen molar-refractivity contribution in [2.75, 3.05) is 26.7 Å². The number of amides is 1. The molecule has 0 atom stereocenters. The van der Waals surface area contributed by atoms with Gasteiger partial charge in [0.15, 0.2) is 0 Å². The number of thiazole rings is 1. The first kappa shape index (κ1) is 17.9. The number of carbonyl (C=O) groups is 1. The molecule has 1 aromatic heterocycles. The van der Waals surface area contributed by atoms with Gasteiger partial charge in [0.1, 0.15) is 12.4 Å². The van der Waals surface area contributed by atoms with Crippen molar-refractivity contribution in [3.8, 4) is 5.75 Å². The molecular weight excluding hydrogens is 334 g/mol. The zero-order chi connectivity index (χ0) is 17.6. The summed E-state index contributed by atoms with van der Waals surface area (Å²) in [6.07, 6.45) is 2.12. The third-order valence-electron chi connectivity index (χ3n) is 4.53. The summed E-state index contributed by atoms with van der Waals surface area (Å²) in [5.41, 5.74) is 1.62. The van der Waals surface area contributed by atoms with E-state index >= 15 is 0 Å². The number of aromatic nitrogens is 1. The molecule has 2 heterocycles. The van der Waals surface area contributed by atoms with Crippen LogP contribution in [0.15, 0.2) is 29.6 Å². The van der Waals surface area contributed by atoms with Crippen LogP contribution in [0.25, 0.3) is 0 Å². The van der Waals surface area contributed by atoms with Gasteiger partial charge in [-0.1, -0.05) is 6.07 Å². The van der Waals surface area contributed by atoms with Crippen LogP contribution < -0.4 is 10.1 Å². The summed E-state index contributed by atoms with van der Waals surface area (Å²) >= 11 is 1.61. The molecule has 0 aliphatic carbocycles. The van der Waals surface area contributed by atoms with Gasteiger partial charge in [-0.05, 0) is 57.5 Å². The normalized spacial score (nSPS) is 15.4. The van der Waals surface area contributed by atoms with Crippen molar-refractivity contribution in [2.45, 2.75) is 26.4 Å². The highest BCUT2D eigenvalue weighted by atomic mass is 32.1. The Labute approximate surface area is 153 Å². The van der Waals surface area contributed by atoms with Crippen LogP contribution in [0.3, 0.4) is 0 Å². The van der Waals surface area contributed by atoms with E-state index in [-0.39, 0.29) is 5.91 Å². The summed E-state index contributed by atoms with van der Waals surface area (Å²) in [6, 6.07) is 7.46. The number of piperidine rings is 1. The van der Waals surface area contributed by atoms with Crippen LogP contribution in [-0.4, -0.2) is 42.5 Å². The number of benzene rings is 1. The number of likely N-dealkylation sites (tertiary alicyclic amines) is 1. The Morgan fingerprint density at radius 2 is 2.20 bits per heavy atom. The number of nitrogens with one attached hydrogen (secondary N) is 1. The summed E-state index contributed by atoms with van der Waals surface area (Å²) in [6.45, 7) is 5.09. The number of carbonyl (C=O) groups excluding carboxylic acids is 1. The highest BCUT2D eigenvalue weighted by Gasteiger charge is 2.23. The first-order valence-corrected chi connectivity index (χ1v) is 9.61. The molecule has 1 saturated heterocycles. The van der Waals surface area contributed by atoms with Crippen molar-refractivity contribution < 1.29 is 9.53 Å². The van der Waals surface area contributed by atoms with Crippen molar-refractivity contribution in [2.24, 2.45) is 5.92 Å².